The maximum absolute atomic E-state index is 15.0. The molecule has 186 valence electrons. The van der Waals surface area contributed by atoms with Gasteiger partial charge in [-0.2, -0.15) is 4.31 Å². The number of piperazine rings is 1. The largest absolute Gasteiger partial charge is 0.390 e. The van der Waals surface area contributed by atoms with Crippen molar-refractivity contribution in [2.75, 3.05) is 37.6 Å². The van der Waals surface area contributed by atoms with E-state index >= 15 is 0 Å². The van der Waals surface area contributed by atoms with Crippen LogP contribution in [-0.4, -0.2) is 68.1 Å². The Hall–Kier alpha value is -3.58. The average Bonchev–Trinajstić information content (AvgIpc) is 3.32. The summed E-state index contributed by atoms with van der Waals surface area (Å²) >= 11 is 0. The van der Waals surface area contributed by atoms with Gasteiger partial charge < -0.3 is 15.1 Å². The van der Waals surface area contributed by atoms with Gasteiger partial charge in [0.25, 0.3) is 5.69 Å². The van der Waals surface area contributed by atoms with Crippen LogP contribution in [-0.2, 0) is 19.7 Å². The zero-order valence-corrected chi connectivity index (χ0v) is 19.7. The number of sulfonamides is 1. The van der Waals surface area contributed by atoms with E-state index in [4.69, 9.17) is 4.84 Å². The molecule has 2 aromatic carbocycles. The minimum Gasteiger partial charge on any atom is -0.390 e. The van der Waals surface area contributed by atoms with Crippen LogP contribution in [0.15, 0.2) is 52.5 Å². The van der Waals surface area contributed by atoms with Gasteiger partial charge >= 0.3 is 0 Å². The van der Waals surface area contributed by atoms with Gasteiger partial charge in [-0.15, -0.1) is 0 Å². The van der Waals surface area contributed by atoms with Gasteiger partial charge in [-0.3, -0.25) is 14.9 Å². The molecule has 0 saturated carbocycles. The van der Waals surface area contributed by atoms with Gasteiger partial charge in [0.2, 0.25) is 15.9 Å². The molecule has 35 heavy (non-hydrogen) atoms. The van der Waals surface area contributed by atoms with Crippen molar-refractivity contribution in [1.82, 2.24) is 9.62 Å². The Morgan fingerprint density at radius 1 is 1.23 bits per heavy atom. The molecule has 2 aliphatic rings. The number of nitrogens with zero attached hydrogens (tertiary/aromatic N) is 4. The summed E-state index contributed by atoms with van der Waals surface area (Å²) in [5.41, 5.74) is 1.20. The summed E-state index contributed by atoms with van der Waals surface area (Å²) < 4.78 is 42.1. The fourth-order valence-electron chi connectivity index (χ4n) is 3.98. The highest BCUT2D eigenvalue weighted by molar-refractivity contribution is 7.89. The van der Waals surface area contributed by atoms with Gasteiger partial charge in [0, 0.05) is 57.2 Å². The maximum atomic E-state index is 15.0. The first-order valence-electron chi connectivity index (χ1n) is 10.9. The number of halogens is 1. The van der Waals surface area contributed by atoms with Crippen LogP contribution in [0.5, 0.6) is 0 Å². The van der Waals surface area contributed by atoms with Crippen LogP contribution in [0.2, 0.25) is 0 Å². The number of anilines is 1. The van der Waals surface area contributed by atoms with E-state index in [1.165, 1.54) is 35.5 Å². The molecular weight excluding hydrogens is 481 g/mol. The number of carbonyl (C=O) groups is 1. The van der Waals surface area contributed by atoms with Crippen molar-refractivity contribution in [1.29, 1.82) is 0 Å². The first-order valence-corrected chi connectivity index (χ1v) is 12.4. The summed E-state index contributed by atoms with van der Waals surface area (Å²) in [5, 5.41) is 17.7. The quantitative estimate of drug-likeness (QED) is 0.448. The number of hydrogen-bond acceptors (Lipinski definition) is 8. The van der Waals surface area contributed by atoms with Gasteiger partial charge in [0.1, 0.15) is 11.9 Å². The molecular formula is C22H24FN5O6S. The fourth-order valence-corrected chi connectivity index (χ4v) is 5.45. The van der Waals surface area contributed by atoms with E-state index in [0.717, 1.165) is 6.07 Å². The Balaban J connectivity index is 1.39. The standard InChI is InChI=1S/C22H24FN5O6S/c1-15(29)24-14-18-13-21(25-34-18)16-5-6-22(20(23)11-16)26-7-9-27(10-8-26)35(32,33)19-4-2-3-17(12-19)28(30)31/h2-6,11-12,18H,7-10,13-14H2,1H3,(H,24,29). The Kier molecular flexibility index (Phi) is 6.98. The molecule has 0 radical (unpaired) electrons. The molecule has 0 bridgehead atoms. The van der Waals surface area contributed by atoms with Gasteiger partial charge in [-0.1, -0.05) is 17.3 Å². The van der Waals surface area contributed by atoms with E-state index in [-0.39, 0.29) is 48.8 Å². The number of benzene rings is 2. The Labute approximate surface area is 201 Å². The molecule has 11 nitrogen and oxygen atoms in total. The van der Waals surface area contributed by atoms with Crippen molar-refractivity contribution >= 4 is 33.0 Å². The first kappa shape index (κ1) is 24.5. The Morgan fingerprint density at radius 2 is 1.97 bits per heavy atom. The number of nitrogens with one attached hydrogen (secondary N) is 1. The molecule has 0 aliphatic carbocycles. The van der Waals surface area contributed by atoms with Gasteiger partial charge in [0.15, 0.2) is 0 Å². The molecule has 1 N–H and O–H groups in total. The highest BCUT2D eigenvalue weighted by Crippen LogP contribution is 2.27. The van der Waals surface area contributed by atoms with Crippen molar-refractivity contribution < 1.29 is 27.4 Å². The summed E-state index contributed by atoms with van der Waals surface area (Å²) in [6, 6.07) is 9.65. The number of nitro benzene ring substituents is 1. The lowest BCUT2D eigenvalue weighted by Crippen LogP contribution is -2.48. The number of hydrogen-bond donors (Lipinski definition) is 1. The van der Waals surface area contributed by atoms with Crippen LogP contribution in [0.4, 0.5) is 15.8 Å². The van der Waals surface area contributed by atoms with E-state index in [1.54, 1.807) is 17.0 Å². The SMILES string of the molecule is CC(=O)NCC1CC(c2ccc(N3CCN(S(=O)(=O)c4cccc([N+](=O)[O-])c4)CC3)c(F)c2)=NO1. The molecule has 1 amide bonds. The lowest BCUT2D eigenvalue weighted by molar-refractivity contribution is -0.385. The van der Waals surface area contributed by atoms with Crippen LogP contribution in [0.3, 0.4) is 0 Å². The third-order valence-electron chi connectivity index (χ3n) is 5.84. The molecule has 1 unspecified atom stereocenters. The fraction of sp³-hybridized carbons (Fsp3) is 0.364. The number of nitro groups is 1. The predicted octanol–water partition coefficient (Wildman–Crippen LogP) is 1.87. The summed E-state index contributed by atoms with van der Waals surface area (Å²) in [4.78, 5) is 28.3. The Morgan fingerprint density at radius 3 is 2.63 bits per heavy atom. The third-order valence-corrected chi connectivity index (χ3v) is 7.73. The Bertz CT molecular complexity index is 1280. The summed E-state index contributed by atoms with van der Waals surface area (Å²) in [7, 11) is -3.91. The van der Waals surface area contributed by atoms with E-state index in [2.05, 4.69) is 10.5 Å². The van der Waals surface area contributed by atoms with Crippen LogP contribution in [0, 0.1) is 15.9 Å². The number of rotatable bonds is 7. The molecule has 1 atom stereocenters. The average molecular weight is 506 g/mol. The lowest BCUT2D eigenvalue weighted by Gasteiger charge is -2.35. The lowest BCUT2D eigenvalue weighted by atomic mass is 10.0. The van der Waals surface area contributed by atoms with E-state index in [9.17, 15) is 27.7 Å². The second kappa shape index (κ2) is 9.96. The van der Waals surface area contributed by atoms with Gasteiger partial charge in [0.05, 0.1) is 27.8 Å². The molecule has 2 heterocycles. The molecule has 1 saturated heterocycles. The second-order valence-corrected chi connectivity index (χ2v) is 10.2. The minimum absolute atomic E-state index is 0.109. The van der Waals surface area contributed by atoms with Crippen molar-refractivity contribution in [3.05, 3.63) is 64.0 Å². The predicted molar refractivity (Wildman–Crippen MR) is 125 cm³/mol. The van der Waals surface area contributed by atoms with Crippen LogP contribution >= 0.6 is 0 Å². The normalized spacial score (nSPS) is 18.6. The summed E-state index contributed by atoms with van der Waals surface area (Å²) in [5.74, 6) is -0.638. The van der Waals surface area contributed by atoms with Crippen molar-refractivity contribution in [3.63, 3.8) is 0 Å². The zero-order valence-electron chi connectivity index (χ0n) is 18.9. The topological polar surface area (TPSA) is 134 Å². The third kappa shape index (κ3) is 5.41. The molecule has 0 aromatic heterocycles. The van der Waals surface area contributed by atoms with E-state index in [0.29, 0.717) is 29.9 Å². The van der Waals surface area contributed by atoms with Crippen LogP contribution < -0.4 is 10.2 Å². The van der Waals surface area contributed by atoms with E-state index < -0.39 is 20.8 Å². The number of oxime groups is 1. The highest BCUT2D eigenvalue weighted by Gasteiger charge is 2.31. The minimum atomic E-state index is -3.91. The van der Waals surface area contributed by atoms with Crippen molar-refractivity contribution in [2.45, 2.75) is 24.3 Å². The molecule has 0 spiro atoms. The van der Waals surface area contributed by atoms with Gasteiger partial charge in [-0.05, 0) is 18.2 Å². The number of amides is 1. The molecule has 2 aromatic rings. The highest BCUT2D eigenvalue weighted by atomic mass is 32.2. The second-order valence-electron chi connectivity index (χ2n) is 8.22. The molecule has 2 aliphatic heterocycles. The van der Waals surface area contributed by atoms with Crippen molar-refractivity contribution in [2.24, 2.45) is 5.16 Å². The van der Waals surface area contributed by atoms with E-state index in [1.807, 2.05) is 0 Å². The molecule has 13 heteroatoms. The smallest absolute Gasteiger partial charge is 0.270 e. The molecule has 1 fully saturated rings. The maximum Gasteiger partial charge on any atom is 0.270 e. The van der Waals surface area contributed by atoms with Crippen LogP contribution in [0.1, 0.15) is 18.9 Å². The zero-order chi connectivity index (χ0) is 25.2. The first-order chi connectivity index (χ1) is 16.6. The monoisotopic (exact) mass is 505 g/mol. The van der Waals surface area contributed by atoms with Crippen molar-refractivity contribution in [3.8, 4) is 0 Å². The molecule has 4 rings (SSSR count). The number of carbonyl (C=O) groups excluding carboxylic acids is 1. The number of non-ortho nitro benzene ring substituents is 1. The summed E-state index contributed by atoms with van der Waals surface area (Å²) in [6.45, 7) is 2.45. The summed E-state index contributed by atoms with van der Waals surface area (Å²) in [6.07, 6.45) is 0.130. The van der Waals surface area contributed by atoms with Gasteiger partial charge in [-0.25, -0.2) is 12.8 Å². The van der Waals surface area contributed by atoms with Crippen LogP contribution in [0.25, 0.3) is 0 Å².